The highest BCUT2D eigenvalue weighted by atomic mass is 79.9. The van der Waals surface area contributed by atoms with Gasteiger partial charge in [-0.1, -0.05) is 19.9 Å². The van der Waals surface area contributed by atoms with Crippen LogP contribution in [-0.4, -0.2) is 19.1 Å². The van der Waals surface area contributed by atoms with Gasteiger partial charge in [0.1, 0.15) is 0 Å². The summed E-state index contributed by atoms with van der Waals surface area (Å²) in [7, 11) is 0. The number of hydrogen-bond donors (Lipinski definition) is 1. The zero-order valence-corrected chi connectivity index (χ0v) is 15.2. The van der Waals surface area contributed by atoms with Crippen molar-refractivity contribution in [2.24, 2.45) is 0 Å². The first-order chi connectivity index (χ1) is 10.2. The molecule has 0 saturated carbocycles. The lowest BCUT2D eigenvalue weighted by molar-refractivity contribution is 0.449. The van der Waals surface area contributed by atoms with Crippen molar-refractivity contribution < 1.29 is 0 Å². The van der Waals surface area contributed by atoms with E-state index in [4.69, 9.17) is 0 Å². The molecule has 1 aliphatic rings. The Bertz CT molecular complexity index is 447. The smallest absolute Gasteiger partial charge is 0.0513 e. The number of benzene rings is 1. The Morgan fingerprint density at radius 2 is 2.14 bits per heavy atom. The van der Waals surface area contributed by atoms with Crippen molar-refractivity contribution in [1.29, 1.82) is 0 Å². The summed E-state index contributed by atoms with van der Waals surface area (Å²) in [6, 6.07) is 8.01. The number of anilines is 1. The second-order valence-corrected chi connectivity index (χ2v) is 6.99. The van der Waals surface area contributed by atoms with Crippen LogP contribution >= 0.6 is 15.9 Å². The van der Waals surface area contributed by atoms with Crippen molar-refractivity contribution in [3.05, 3.63) is 28.2 Å². The molecule has 1 aromatic rings. The standard InChI is InChI=1S/C18H29BrN2/c1-4-11-20-14(3)15-9-10-18(17(19)13-15)21-12-7-6-8-16(21)5-2/h9-10,13-14,16,20H,4-8,11-12H2,1-3H3. The lowest BCUT2D eigenvalue weighted by Gasteiger charge is -2.38. The lowest BCUT2D eigenvalue weighted by Crippen LogP contribution is -2.39. The fourth-order valence-corrected chi connectivity index (χ4v) is 3.87. The summed E-state index contributed by atoms with van der Waals surface area (Å²) in [5, 5.41) is 3.56. The van der Waals surface area contributed by atoms with E-state index in [9.17, 15) is 0 Å². The summed E-state index contributed by atoms with van der Waals surface area (Å²) >= 11 is 3.81. The third kappa shape index (κ3) is 4.23. The quantitative estimate of drug-likeness (QED) is 0.749. The molecule has 2 rings (SSSR count). The first kappa shape index (κ1) is 16.8. The maximum Gasteiger partial charge on any atom is 0.0513 e. The Hall–Kier alpha value is -0.540. The number of halogens is 1. The summed E-state index contributed by atoms with van der Waals surface area (Å²) in [6.45, 7) is 9.03. The molecule has 118 valence electrons. The predicted molar refractivity (Wildman–Crippen MR) is 96.1 cm³/mol. The average molecular weight is 353 g/mol. The van der Waals surface area contributed by atoms with Gasteiger partial charge in [-0.25, -0.2) is 0 Å². The van der Waals surface area contributed by atoms with Crippen LogP contribution in [0.1, 0.15) is 64.5 Å². The van der Waals surface area contributed by atoms with Gasteiger partial charge < -0.3 is 10.2 Å². The van der Waals surface area contributed by atoms with Crippen LogP contribution in [0.4, 0.5) is 5.69 Å². The maximum atomic E-state index is 3.81. The van der Waals surface area contributed by atoms with E-state index in [1.807, 2.05) is 0 Å². The van der Waals surface area contributed by atoms with Crippen LogP contribution in [0.3, 0.4) is 0 Å². The number of nitrogens with one attached hydrogen (secondary N) is 1. The molecule has 2 nitrogen and oxygen atoms in total. The van der Waals surface area contributed by atoms with Gasteiger partial charge in [0, 0.05) is 23.1 Å². The molecule has 0 radical (unpaired) electrons. The summed E-state index contributed by atoms with van der Waals surface area (Å²) in [6.07, 6.45) is 6.44. The molecule has 1 aromatic carbocycles. The van der Waals surface area contributed by atoms with E-state index in [2.05, 4.69) is 65.1 Å². The van der Waals surface area contributed by atoms with E-state index in [1.54, 1.807) is 0 Å². The van der Waals surface area contributed by atoms with E-state index < -0.39 is 0 Å². The van der Waals surface area contributed by atoms with Crippen molar-refractivity contribution in [3.8, 4) is 0 Å². The Kier molecular flexibility index (Phi) is 6.56. The van der Waals surface area contributed by atoms with Gasteiger partial charge in [0.25, 0.3) is 0 Å². The highest BCUT2D eigenvalue weighted by molar-refractivity contribution is 9.10. The molecule has 2 unspecified atom stereocenters. The van der Waals surface area contributed by atoms with E-state index >= 15 is 0 Å². The van der Waals surface area contributed by atoms with E-state index in [0.29, 0.717) is 12.1 Å². The van der Waals surface area contributed by atoms with Crippen LogP contribution in [0, 0.1) is 0 Å². The van der Waals surface area contributed by atoms with Crippen molar-refractivity contribution in [2.45, 2.75) is 65.0 Å². The molecule has 1 saturated heterocycles. The zero-order valence-electron chi connectivity index (χ0n) is 13.7. The molecule has 1 fully saturated rings. The predicted octanol–water partition coefficient (Wildman–Crippen LogP) is 5.28. The molecule has 1 N–H and O–H groups in total. The van der Waals surface area contributed by atoms with Crippen LogP contribution in [0.5, 0.6) is 0 Å². The van der Waals surface area contributed by atoms with Gasteiger partial charge in [0.05, 0.1) is 5.69 Å². The van der Waals surface area contributed by atoms with Crippen LogP contribution in [-0.2, 0) is 0 Å². The fraction of sp³-hybridized carbons (Fsp3) is 0.667. The van der Waals surface area contributed by atoms with Crippen LogP contribution in [0.25, 0.3) is 0 Å². The normalized spacial score (nSPS) is 20.6. The first-order valence-corrected chi connectivity index (χ1v) is 9.26. The summed E-state index contributed by atoms with van der Waals surface area (Å²) in [5.74, 6) is 0. The van der Waals surface area contributed by atoms with E-state index in [-0.39, 0.29) is 0 Å². The molecule has 21 heavy (non-hydrogen) atoms. The lowest BCUT2D eigenvalue weighted by atomic mass is 9.98. The summed E-state index contributed by atoms with van der Waals surface area (Å²) in [4.78, 5) is 2.60. The van der Waals surface area contributed by atoms with Crippen molar-refractivity contribution >= 4 is 21.6 Å². The average Bonchev–Trinajstić information content (AvgIpc) is 2.52. The minimum atomic E-state index is 0.415. The molecular weight excluding hydrogens is 324 g/mol. The van der Waals surface area contributed by atoms with Crippen LogP contribution in [0.2, 0.25) is 0 Å². The van der Waals surface area contributed by atoms with Gasteiger partial charge in [-0.05, 0) is 79.2 Å². The third-order valence-electron chi connectivity index (χ3n) is 4.58. The molecule has 0 bridgehead atoms. The Morgan fingerprint density at radius 1 is 1.33 bits per heavy atom. The molecule has 2 atom stereocenters. The molecule has 1 heterocycles. The molecule has 1 aliphatic heterocycles. The monoisotopic (exact) mass is 352 g/mol. The van der Waals surface area contributed by atoms with Crippen molar-refractivity contribution in [3.63, 3.8) is 0 Å². The minimum absolute atomic E-state index is 0.415. The van der Waals surface area contributed by atoms with Crippen LogP contribution in [0.15, 0.2) is 22.7 Å². The fourth-order valence-electron chi connectivity index (χ4n) is 3.25. The number of rotatable bonds is 6. The molecule has 0 spiro atoms. The maximum absolute atomic E-state index is 3.81. The largest absolute Gasteiger partial charge is 0.368 e. The van der Waals surface area contributed by atoms with Gasteiger partial charge >= 0.3 is 0 Å². The van der Waals surface area contributed by atoms with Gasteiger partial charge in [0.2, 0.25) is 0 Å². The van der Waals surface area contributed by atoms with Crippen LogP contribution < -0.4 is 10.2 Å². The Labute approximate surface area is 138 Å². The van der Waals surface area contributed by atoms with Gasteiger partial charge in [-0.3, -0.25) is 0 Å². The summed E-state index contributed by atoms with van der Waals surface area (Å²) < 4.78 is 1.24. The Morgan fingerprint density at radius 3 is 2.81 bits per heavy atom. The van der Waals surface area contributed by atoms with E-state index in [1.165, 1.54) is 54.4 Å². The van der Waals surface area contributed by atoms with Gasteiger partial charge in [-0.2, -0.15) is 0 Å². The molecule has 0 amide bonds. The van der Waals surface area contributed by atoms with Crippen molar-refractivity contribution in [2.75, 3.05) is 18.0 Å². The van der Waals surface area contributed by atoms with E-state index in [0.717, 1.165) is 6.54 Å². The molecular formula is C18H29BrN2. The van der Waals surface area contributed by atoms with Gasteiger partial charge in [-0.15, -0.1) is 0 Å². The molecule has 3 heteroatoms. The number of hydrogen-bond acceptors (Lipinski definition) is 2. The molecule has 0 aromatic heterocycles. The highest BCUT2D eigenvalue weighted by Crippen LogP contribution is 2.34. The highest BCUT2D eigenvalue weighted by Gasteiger charge is 2.22. The second kappa shape index (κ2) is 8.19. The topological polar surface area (TPSA) is 15.3 Å². The number of nitrogens with zero attached hydrogens (tertiary/aromatic N) is 1. The zero-order chi connectivity index (χ0) is 15.2. The minimum Gasteiger partial charge on any atom is -0.368 e. The molecule has 0 aliphatic carbocycles. The SMILES string of the molecule is CCCNC(C)c1ccc(N2CCCCC2CC)c(Br)c1. The first-order valence-electron chi connectivity index (χ1n) is 8.46. The number of piperidine rings is 1. The summed E-state index contributed by atoms with van der Waals surface area (Å²) in [5.41, 5.74) is 2.73. The Balaban J connectivity index is 2.14. The third-order valence-corrected chi connectivity index (χ3v) is 5.22. The van der Waals surface area contributed by atoms with Crippen molar-refractivity contribution in [1.82, 2.24) is 5.32 Å². The van der Waals surface area contributed by atoms with Gasteiger partial charge in [0.15, 0.2) is 0 Å². The second-order valence-electron chi connectivity index (χ2n) is 6.14.